The molecule has 0 atom stereocenters. The number of nitriles is 1. The summed E-state index contributed by atoms with van der Waals surface area (Å²) in [5.41, 5.74) is 3.66. The van der Waals surface area contributed by atoms with Gasteiger partial charge in [-0.2, -0.15) is 5.26 Å². The van der Waals surface area contributed by atoms with E-state index in [1.165, 1.54) is 5.56 Å². The predicted molar refractivity (Wildman–Crippen MR) is 80.8 cm³/mol. The van der Waals surface area contributed by atoms with Crippen molar-refractivity contribution in [2.45, 2.75) is 13.3 Å². The molecule has 0 bridgehead atoms. The Bertz CT molecular complexity index is 633. The van der Waals surface area contributed by atoms with Gasteiger partial charge in [0.25, 0.3) is 0 Å². The van der Waals surface area contributed by atoms with E-state index in [1.807, 2.05) is 54.6 Å². The third-order valence-electron chi connectivity index (χ3n) is 3.00. The van der Waals surface area contributed by atoms with Crippen LogP contribution in [0, 0.1) is 11.3 Å². The molecule has 0 fully saturated rings. The summed E-state index contributed by atoms with van der Waals surface area (Å²) in [6, 6.07) is 17.8. The van der Waals surface area contributed by atoms with Crippen molar-refractivity contribution in [1.29, 1.82) is 5.26 Å². The Morgan fingerprint density at radius 3 is 2.42 bits per heavy atom. The number of allylic oxidation sites excluding steroid dienone is 1. The summed E-state index contributed by atoms with van der Waals surface area (Å²) in [4.78, 5) is 0. The highest BCUT2D eigenvalue weighted by Gasteiger charge is 2.03. The minimum Gasteiger partial charge on any atom is -0.192 e. The maximum absolute atomic E-state index is 9.30. The molecule has 0 unspecified atom stereocenters. The zero-order valence-electron chi connectivity index (χ0n) is 10.7. The molecule has 2 heteroatoms. The van der Waals surface area contributed by atoms with E-state index in [0.29, 0.717) is 10.6 Å². The van der Waals surface area contributed by atoms with Crippen LogP contribution in [0.4, 0.5) is 0 Å². The minimum absolute atomic E-state index is 0.621. The van der Waals surface area contributed by atoms with Crippen molar-refractivity contribution in [3.05, 3.63) is 70.2 Å². The molecule has 2 aromatic carbocycles. The van der Waals surface area contributed by atoms with Gasteiger partial charge in [0.05, 0.1) is 11.6 Å². The smallest absolute Gasteiger partial charge is 0.0998 e. The van der Waals surface area contributed by atoms with Gasteiger partial charge in [-0.15, -0.1) is 0 Å². The molecule has 19 heavy (non-hydrogen) atoms. The van der Waals surface area contributed by atoms with Crippen LogP contribution in [-0.4, -0.2) is 0 Å². The van der Waals surface area contributed by atoms with E-state index >= 15 is 0 Å². The molecule has 0 aliphatic carbocycles. The lowest BCUT2D eigenvalue weighted by molar-refractivity contribution is 1.14. The highest BCUT2D eigenvalue weighted by Crippen LogP contribution is 2.23. The van der Waals surface area contributed by atoms with Gasteiger partial charge in [0.15, 0.2) is 0 Å². The monoisotopic (exact) mass is 267 g/mol. The molecule has 2 rings (SSSR count). The van der Waals surface area contributed by atoms with E-state index in [-0.39, 0.29) is 0 Å². The van der Waals surface area contributed by atoms with Crippen LogP contribution in [0.3, 0.4) is 0 Å². The van der Waals surface area contributed by atoms with Crippen LogP contribution in [-0.2, 0) is 6.42 Å². The highest BCUT2D eigenvalue weighted by molar-refractivity contribution is 6.32. The van der Waals surface area contributed by atoms with Crippen LogP contribution >= 0.6 is 11.6 Å². The van der Waals surface area contributed by atoms with Crippen molar-refractivity contribution < 1.29 is 0 Å². The molecule has 0 saturated heterocycles. The van der Waals surface area contributed by atoms with Crippen molar-refractivity contribution in [3.8, 4) is 6.07 Å². The van der Waals surface area contributed by atoms with Crippen molar-refractivity contribution in [2.75, 3.05) is 0 Å². The Balaban J connectivity index is 2.40. The number of benzene rings is 2. The van der Waals surface area contributed by atoms with E-state index in [1.54, 1.807) is 0 Å². The van der Waals surface area contributed by atoms with E-state index in [2.05, 4.69) is 13.0 Å². The molecular weight excluding hydrogens is 254 g/mol. The lowest BCUT2D eigenvalue weighted by Crippen LogP contribution is -1.85. The number of rotatable bonds is 3. The highest BCUT2D eigenvalue weighted by atomic mass is 35.5. The second-order valence-electron chi connectivity index (χ2n) is 4.24. The summed E-state index contributed by atoms with van der Waals surface area (Å²) in [7, 11) is 0. The van der Waals surface area contributed by atoms with Crippen LogP contribution in [0.15, 0.2) is 48.5 Å². The molecule has 0 N–H and O–H groups in total. The molecule has 1 nitrogen and oxygen atoms in total. The lowest BCUT2D eigenvalue weighted by atomic mass is 10.0. The van der Waals surface area contributed by atoms with Gasteiger partial charge in [-0.3, -0.25) is 0 Å². The van der Waals surface area contributed by atoms with Gasteiger partial charge < -0.3 is 0 Å². The van der Waals surface area contributed by atoms with Crippen molar-refractivity contribution >= 4 is 23.3 Å². The first-order chi connectivity index (χ1) is 9.24. The Morgan fingerprint density at radius 2 is 1.84 bits per heavy atom. The van der Waals surface area contributed by atoms with Crippen LogP contribution in [0.25, 0.3) is 11.6 Å². The average molecular weight is 268 g/mol. The Kier molecular flexibility index (Phi) is 4.39. The fourth-order valence-electron chi connectivity index (χ4n) is 1.85. The summed E-state index contributed by atoms with van der Waals surface area (Å²) in [6.45, 7) is 2.11. The first kappa shape index (κ1) is 13.4. The van der Waals surface area contributed by atoms with Crippen LogP contribution < -0.4 is 0 Å². The van der Waals surface area contributed by atoms with Crippen LogP contribution in [0.2, 0.25) is 5.02 Å². The van der Waals surface area contributed by atoms with E-state index in [4.69, 9.17) is 11.6 Å². The third kappa shape index (κ3) is 3.24. The number of aryl methyl sites for hydroxylation is 1. The molecule has 0 amide bonds. The number of halogens is 1. The standard InChI is InChI=1S/C17H14ClN/c1-2-13-7-9-14(10-8-13)16(12-19)11-15-5-3-4-6-17(15)18/h3-11H,2H2,1H3/b16-11-. The molecule has 0 heterocycles. The first-order valence-corrected chi connectivity index (χ1v) is 6.58. The average Bonchev–Trinajstić information content (AvgIpc) is 2.47. The SMILES string of the molecule is CCc1ccc(/C(C#N)=C\c2ccccc2Cl)cc1. The van der Waals surface area contributed by atoms with Gasteiger partial charge in [-0.25, -0.2) is 0 Å². The number of hydrogen-bond donors (Lipinski definition) is 0. The summed E-state index contributed by atoms with van der Waals surface area (Å²) >= 11 is 6.11. The fourth-order valence-corrected chi connectivity index (χ4v) is 2.04. The predicted octanol–water partition coefficient (Wildman–Crippen LogP) is 4.97. The van der Waals surface area contributed by atoms with Gasteiger partial charge in [0.2, 0.25) is 0 Å². The van der Waals surface area contributed by atoms with Gasteiger partial charge >= 0.3 is 0 Å². The number of nitrogens with zero attached hydrogens (tertiary/aromatic N) is 1. The second-order valence-corrected chi connectivity index (χ2v) is 4.65. The van der Waals surface area contributed by atoms with Gasteiger partial charge in [-0.1, -0.05) is 61.0 Å². The van der Waals surface area contributed by atoms with E-state index in [0.717, 1.165) is 17.5 Å². The zero-order chi connectivity index (χ0) is 13.7. The van der Waals surface area contributed by atoms with Crippen LogP contribution in [0.1, 0.15) is 23.6 Å². The fraction of sp³-hybridized carbons (Fsp3) is 0.118. The van der Waals surface area contributed by atoms with Gasteiger partial charge in [0.1, 0.15) is 0 Å². The summed E-state index contributed by atoms with van der Waals surface area (Å²) in [6.07, 6.45) is 2.82. The molecule has 0 radical (unpaired) electrons. The zero-order valence-corrected chi connectivity index (χ0v) is 11.5. The molecule has 0 saturated carbocycles. The molecule has 94 valence electrons. The topological polar surface area (TPSA) is 23.8 Å². The summed E-state index contributed by atoms with van der Waals surface area (Å²) in [5, 5.41) is 9.95. The Morgan fingerprint density at radius 1 is 1.16 bits per heavy atom. The summed E-state index contributed by atoms with van der Waals surface area (Å²) in [5.74, 6) is 0. The second kappa shape index (κ2) is 6.22. The van der Waals surface area contributed by atoms with Crippen LogP contribution in [0.5, 0.6) is 0 Å². The van der Waals surface area contributed by atoms with E-state index in [9.17, 15) is 5.26 Å². The molecule has 0 spiro atoms. The number of hydrogen-bond acceptors (Lipinski definition) is 1. The third-order valence-corrected chi connectivity index (χ3v) is 3.34. The van der Waals surface area contributed by atoms with Crippen molar-refractivity contribution in [1.82, 2.24) is 0 Å². The van der Waals surface area contributed by atoms with Crippen molar-refractivity contribution in [2.24, 2.45) is 0 Å². The largest absolute Gasteiger partial charge is 0.192 e. The summed E-state index contributed by atoms with van der Waals surface area (Å²) < 4.78 is 0. The molecule has 2 aromatic rings. The molecule has 0 aliphatic heterocycles. The van der Waals surface area contributed by atoms with Crippen molar-refractivity contribution in [3.63, 3.8) is 0 Å². The van der Waals surface area contributed by atoms with E-state index < -0.39 is 0 Å². The molecular formula is C17H14ClN. The quantitative estimate of drug-likeness (QED) is 0.569. The first-order valence-electron chi connectivity index (χ1n) is 6.20. The van der Waals surface area contributed by atoms with Gasteiger partial charge in [-0.05, 0) is 35.3 Å². The normalized spacial score (nSPS) is 11.1. The minimum atomic E-state index is 0.621. The molecule has 0 aliphatic rings. The Hall–Kier alpha value is -2.04. The molecule has 0 aromatic heterocycles. The maximum atomic E-state index is 9.30. The van der Waals surface area contributed by atoms with Gasteiger partial charge in [0, 0.05) is 5.02 Å². The maximum Gasteiger partial charge on any atom is 0.0998 e. The Labute approximate surface area is 118 Å². The lowest BCUT2D eigenvalue weighted by Gasteiger charge is -2.03.